The average molecular weight is 140 g/mol. The van der Waals surface area contributed by atoms with Gasteiger partial charge < -0.3 is 10.1 Å². The molecule has 1 atom stereocenters. The maximum absolute atomic E-state index is 8.20. The zero-order chi connectivity index (χ0) is 7.23. The van der Waals surface area contributed by atoms with Crippen LogP contribution in [0.3, 0.4) is 0 Å². The lowest BCUT2D eigenvalue weighted by molar-refractivity contribution is 0.185. The molecule has 1 saturated heterocycles. The Hall–Kier alpha value is -0.590. The van der Waals surface area contributed by atoms with Crippen LogP contribution in [-0.4, -0.2) is 26.3 Å². The van der Waals surface area contributed by atoms with Crippen molar-refractivity contribution in [2.24, 2.45) is 5.92 Å². The highest BCUT2D eigenvalue weighted by atomic mass is 16.5. The van der Waals surface area contributed by atoms with Gasteiger partial charge in [0, 0.05) is 13.2 Å². The fourth-order valence-electron chi connectivity index (χ4n) is 1.08. The topological polar surface area (TPSA) is 45.0 Å². The zero-order valence-electron chi connectivity index (χ0n) is 5.97. The summed E-state index contributed by atoms with van der Waals surface area (Å²) in [5.74, 6) is 0.633. The SMILES string of the molecule is N#CCNCC1CCOC1. The van der Waals surface area contributed by atoms with E-state index in [1.165, 1.54) is 0 Å². The molecule has 0 amide bonds. The van der Waals surface area contributed by atoms with E-state index >= 15 is 0 Å². The molecule has 1 heterocycles. The van der Waals surface area contributed by atoms with Gasteiger partial charge in [0.1, 0.15) is 0 Å². The van der Waals surface area contributed by atoms with Gasteiger partial charge in [0.15, 0.2) is 0 Å². The Kier molecular flexibility index (Phi) is 3.20. The molecule has 0 radical (unpaired) electrons. The first-order valence-corrected chi connectivity index (χ1v) is 3.59. The van der Waals surface area contributed by atoms with Gasteiger partial charge in [-0.2, -0.15) is 5.26 Å². The smallest absolute Gasteiger partial charge is 0.0841 e. The molecule has 1 rings (SSSR count). The minimum absolute atomic E-state index is 0.455. The van der Waals surface area contributed by atoms with Gasteiger partial charge in [-0.05, 0) is 12.3 Å². The van der Waals surface area contributed by atoms with Gasteiger partial charge in [-0.3, -0.25) is 0 Å². The van der Waals surface area contributed by atoms with Crippen LogP contribution in [0.1, 0.15) is 6.42 Å². The van der Waals surface area contributed by atoms with Crippen molar-refractivity contribution in [3.05, 3.63) is 0 Å². The Bertz CT molecular complexity index is 124. The molecular formula is C7H12N2O. The summed E-state index contributed by atoms with van der Waals surface area (Å²) in [7, 11) is 0. The molecule has 0 aromatic carbocycles. The molecule has 1 aliphatic rings. The van der Waals surface area contributed by atoms with E-state index in [1.54, 1.807) is 0 Å². The summed E-state index contributed by atoms with van der Waals surface area (Å²) in [4.78, 5) is 0. The van der Waals surface area contributed by atoms with Crippen LogP contribution in [0.15, 0.2) is 0 Å². The summed E-state index contributed by atoms with van der Waals surface area (Å²) in [5, 5.41) is 11.2. The summed E-state index contributed by atoms with van der Waals surface area (Å²) in [6, 6.07) is 2.04. The first-order chi connectivity index (χ1) is 4.93. The molecule has 3 heteroatoms. The van der Waals surface area contributed by atoms with Gasteiger partial charge in [0.25, 0.3) is 0 Å². The Balaban J connectivity index is 1.97. The molecule has 0 aromatic rings. The first-order valence-electron chi connectivity index (χ1n) is 3.59. The molecular weight excluding hydrogens is 128 g/mol. The van der Waals surface area contributed by atoms with Gasteiger partial charge in [-0.1, -0.05) is 0 Å². The summed E-state index contributed by atoms with van der Waals surface area (Å²) in [5.41, 5.74) is 0. The second-order valence-corrected chi connectivity index (χ2v) is 2.52. The van der Waals surface area contributed by atoms with Crippen LogP contribution in [0.4, 0.5) is 0 Å². The Morgan fingerprint density at radius 2 is 2.60 bits per heavy atom. The largest absolute Gasteiger partial charge is 0.381 e. The molecule has 3 nitrogen and oxygen atoms in total. The third kappa shape index (κ3) is 2.34. The van der Waals surface area contributed by atoms with E-state index in [4.69, 9.17) is 10.00 Å². The van der Waals surface area contributed by atoms with Crippen LogP contribution in [-0.2, 0) is 4.74 Å². The predicted molar refractivity (Wildman–Crippen MR) is 37.4 cm³/mol. The van der Waals surface area contributed by atoms with E-state index in [0.29, 0.717) is 12.5 Å². The number of nitrogens with zero attached hydrogens (tertiary/aromatic N) is 1. The van der Waals surface area contributed by atoms with Crippen LogP contribution >= 0.6 is 0 Å². The molecule has 1 fully saturated rings. The molecule has 0 aromatic heterocycles. The van der Waals surface area contributed by atoms with Gasteiger partial charge in [-0.25, -0.2) is 0 Å². The highest BCUT2D eigenvalue weighted by molar-refractivity contribution is 4.75. The molecule has 0 saturated carbocycles. The summed E-state index contributed by atoms with van der Waals surface area (Å²) in [6.07, 6.45) is 1.14. The highest BCUT2D eigenvalue weighted by Crippen LogP contribution is 2.09. The van der Waals surface area contributed by atoms with Crippen LogP contribution in [0.5, 0.6) is 0 Å². The number of nitrogens with one attached hydrogen (secondary N) is 1. The average Bonchev–Trinajstić information content (AvgIpc) is 2.41. The molecule has 10 heavy (non-hydrogen) atoms. The highest BCUT2D eigenvalue weighted by Gasteiger charge is 2.13. The van der Waals surface area contributed by atoms with Crippen LogP contribution in [0.25, 0.3) is 0 Å². The minimum Gasteiger partial charge on any atom is -0.381 e. The van der Waals surface area contributed by atoms with Crippen molar-refractivity contribution in [3.63, 3.8) is 0 Å². The van der Waals surface area contributed by atoms with Crippen LogP contribution in [0.2, 0.25) is 0 Å². The third-order valence-electron chi connectivity index (χ3n) is 1.66. The summed E-state index contributed by atoms with van der Waals surface area (Å²) in [6.45, 7) is 3.13. The van der Waals surface area contributed by atoms with Crippen molar-refractivity contribution in [2.45, 2.75) is 6.42 Å². The van der Waals surface area contributed by atoms with Crippen molar-refractivity contribution in [1.82, 2.24) is 5.32 Å². The molecule has 1 N–H and O–H groups in total. The third-order valence-corrected chi connectivity index (χ3v) is 1.66. The molecule has 56 valence electrons. The van der Waals surface area contributed by atoms with E-state index in [1.807, 2.05) is 6.07 Å². The zero-order valence-corrected chi connectivity index (χ0v) is 5.97. The maximum Gasteiger partial charge on any atom is 0.0841 e. The normalized spacial score (nSPS) is 24.5. The Morgan fingerprint density at radius 3 is 3.20 bits per heavy atom. The molecule has 1 unspecified atom stereocenters. The quantitative estimate of drug-likeness (QED) is 0.448. The number of ether oxygens (including phenoxy) is 1. The maximum atomic E-state index is 8.20. The first kappa shape index (κ1) is 7.52. The van der Waals surface area contributed by atoms with Crippen molar-refractivity contribution in [3.8, 4) is 6.07 Å². The van der Waals surface area contributed by atoms with Gasteiger partial charge in [-0.15, -0.1) is 0 Å². The second kappa shape index (κ2) is 4.26. The van der Waals surface area contributed by atoms with Gasteiger partial charge >= 0.3 is 0 Å². The van der Waals surface area contributed by atoms with E-state index < -0.39 is 0 Å². The Labute approximate surface area is 61.0 Å². The van der Waals surface area contributed by atoms with E-state index in [2.05, 4.69) is 5.32 Å². The lowest BCUT2D eigenvalue weighted by atomic mass is 10.1. The van der Waals surface area contributed by atoms with Crippen molar-refractivity contribution in [1.29, 1.82) is 5.26 Å². The van der Waals surface area contributed by atoms with Crippen molar-refractivity contribution in [2.75, 3.05) is 26.3 Å². The second-order valence-electron chi connectivity index (χ2n) is 2.52. The fraction of sp³-hybridized carbons (Fsp3) is 0.857. The van der Waals surface area contributed by atoms with Crippen LogP contribution in [0, 0.1) is 17.2 Å². The lowest BCUT2D eigenvalue weighted by Gasteiger charge is -2.04. The standard InChI is InChI=1S/C7H12N2O/c8-2-3-9-5-7-1-4-10-6-7/h7,9H,1,3-6H2. The van der Waals surface area contributed by atoms with Crippen molar-refractivity contribution >= 4 is 0 Å². The predicted octanol–water partition coefficient (Wildman–Crippen LogP) is 0.136. The van der Waals surface area contributed by atoms with Gasteiger partial charge in [0.2, 0.25) is 0 Å². The molecule has 1 aliphatic heterocycles. The number of hydrogen-bond donors (Lipinski definition) is 1. The van der Waals surface area contributed by atoms with E-state index in [-0.39, 0.29) is 0 Å². The number of hydrogen-bond acceptors (Lipinski definition) is 3. The lowest BCUT2D eigenvalue weighted by Crippen LogP contribution is -2.23. The number of rotatable bonds is 3. The number of nitriles is 1. The molecule has 0 aliphatic carbocycles. The minimum atomic E-state index is 0.455. The summed E-state index contributed by atoms with van der Waals surface area (Å²) >= 11 is 0. The summed E-state index contributed by atoms with van der Waals surface area (Å²) < 4.78 is 5.16. The van der Waals surface area contributed by atoms with Crippen molar-refractivity contribution < 1.29 is 4.74 Å². The van der Waals surface area contributed by atoms with Gasteiger partial charge in [0.05, 0.1) is 19.2 Å². The Morgan fingerprint density at radius 1 is 1.70 bits per heavy atom. The monoisotopic (exact) mass is 140 g/mol. The van der Waals surface area contributed by atoms with E-state index in [0.717, 1.165) is 26.2 Å². The molecule has 0 bridgehead atoms. The molecule has 0 spiro atoms. The fourth-order valence-corrected chi connectivity index (χ4v) is 1.08. The van der Waals surface area contributed by atoms with E-state index in [9.17, 15) is 0 Å². The van der Waals surface area contributed by atoms with Crippen LogP contribution < -0.4 is 5.32 Å².